The summed E-state index contributed by atoms with van der Waals surface area (Å²) < 4.78 is 70.3. The van der Waals surface area contributed by atoms with E-state index < -0.39 is 25.9 Å². The van der Waals surface area contributed by atoms with Crippen LogP contribution in [0.25, 0.3) is 0 Å². The average molecular weight is 212 g/mol. The molecule has 0 radical (unpaired) electrons. The van der Waals surface area contributed by atoms with Crippen molar-refractivity contribution in [2.75, 3.05) is 6.16 Å². The molecule has 12 heavy (non-hydrogen) atoms. The van der Waals surface area contributed by atoms with E-state index in [9.17, 15) is 26.3 Å². The molecular weight excluding hydrogens is 205 g/mol. The zero-order valence-corrected chi connectivity index (χ0v) is 7.02. The zero-order valence-electron chi connectivity index (χ0n) is 6.13. The molecule has 7 heteroatoms. The van der Waals surface area contributed by atoms with Gasteiger partial charge in [-0.1, -0.05) is 13.3 Å². The highest BCUT2D eigenvalue weighted by molar-refractivity contribution is 7.59. The van der Waals surface area contributed by atoms with Crippen molar-refractivity contribution in [3.8, 4) is 0 Å². The van der Waals surface area contributed by atoms with E-state index in [1.807, 2.05) is 0 Å². The fourth-order valence-corrected chi connectivity index (χ4v) is 1.86. The zero-order chi connectivity index (χ0) is 9.99. The molecule has 0 saturated heterocycles. The van der Waals surface area contributed by atoms with Crippen LogP contribution in [0.15, 0.2) is 0 Å². The quantitative estimate of drug-likeness (QED) is 0.480. The third-order valence-corrected chi connectivity index (χ3v) is 3.18. The van der Waals surface area contributed by atoms with E-state index >= 15 is 0 Å². The molecule has 0 rings (SSSR count). The van der Waals surface area contributed by atoms with Crippen molar-refractivity contribution < 1.29 is 26.3 Å². The Morgan fingerprint density at radius 1 is 0.917 bits per heavy atom. The van der Waals surface area contributed by atoms with Crippen LogP contribution in [0.1, 0.15) is 13.3 Å². The minimum absolute atomic E-state index is 0.106. The van der Waals surface area contributed by atoms with Gasteiger partial charge in [-0.2, -0.15) is 26.3 Å². The van der Waals surface area contributed by atoms with Crippen molar-refractivity contribution in [2.45, 2.75) is 25.2 Å². The Labute approximate surface area is 66.7 Å². The van der Waals surface area contributed by atoms with Gasteiger partial charge in [0.1, 0.15) is 7.92 Å². The van der Waals surface area contributed by atoms with Crippen LogP contribution in [0.5, 0.6) is 0 Å². The predicted molar refractivity (Wildman–Crippen MR) is 34.2 cm³/mol. The first-order valence-corrected chi connectivity index (χ1v) is 4.63. The van der Waals surface area contributed by atoms with Gasteiger partial charge in [-0.15, -0.1) is 0 Å². The molecule has 0 N–H and O–H groups in total. The van der Waals surface area contributed by atoms with Crippen molar-refractivity contribution in [1.82, 2.24) is 0 Å². The maximum atomic E-state index is 11.7. The Morgan fingerprint density at radius 3 is 1.33 bits per heavy atom. The topological polar surface area (TPSA) is 0 Å². The first-order valence-electron chi connectivity index (χ1n) is 3.10. The summed E-state index contributed by atoms with van der Waals surface area (Å²) in [7, 11) is -3.84. The van der Waals surface area contributed by atoms with E-state index in [1.165, 1.54) is 6.92 Å². The average Bonchev–Trinajstić information content (AvgIpc) is 1.77. The molecule has 0 aromatic carbocycles. The molecule has 0 nitrogen and oxygen atoms in total. The second kappa shape index (κ2) is 3.81. The Kier molecular flexibility index (Phi) is 3.82. The van der Waals surface area contributed by atoms with Gasteiger partial charge >= 0.3 is 11.8 Å². The fraction of sp³-hybridized carbons (Fsp3) is 1.00. The number of halogens is 6. The molecule has 0 heterocycles. The fourth-order valence-electron chi connectivity index (χ4n) is 0.621. The Morgan fingerprint density at radius 2 is 1.25 bits per heavy atom. The van der Waals surface area contributed by atoms with Gasteiger partial charge in [0.05, 0.1) is 0 Å². The van der Waals surface area contributed by atoms with Gasteiger partial charge in [-0.25, -0.2) is 0 Å². The van der Waals surface area contributed by atoms with E-state index in [1.54, 1.807) is 0 Å². The molecule has 0 aliphatic carbocycles. The summed E-state index contributed by atoms with van der Waals surface area (Å²) in [6.45, 7) is 1.30. The van der Waals surface area contributed by atoms with E-state index in [-0.39, 0.29) is 6.42 Å². The summed E-state index contributed by atoms with van der Waals surface area (Å²) in [4.78, 5) is 0. The molecular formula is C5H7F6P. The summed E-state index contributed by atoms with van der Waals surface area (Å²) in [6, 6.07) is 0. The number of alkyl halides is 6. The minimum atomic E-state index is -5.11. The first-order chi connectivity index (χ1) is 5.19. The number of hydrogen-bond acceptors (Lipinski definition) is 0. The van der Waals surface area contributed by atoms with Gasteiger partial charge in [0.25, 0.3) is 0 Å². The summed E-state index contributed by atoms with van der Waals surface area (Å²) in [5.74, 6) is -10.2. The molecule has 0 saturated carbocycles. The highest BCUT2D eigenvalue weighted by atomic mass is 31.1. The lowest BCUT2D eigenvalue weighted by Gasteiger charge is -2.21. The van der Waals surface area contributed by atoms with Gasteiger partial charge in [0.15, 0.2) is 0 Å². The highest BCUT2D eigenvalue weighted by Crippen LogP contribution is 2.64. The Hall–Kier alpha value is 0.01000. The molecule has 0 unspecified atom stereocenters. The molecule has 0 bridgehead atoms. The Balaban J connectivity index is 4.45. The van der Waals surface area contributed by atoms with Crippen molar-refractivity contribution in [3.63, 3.8) is 0 Å². The smallest absolute Gasteiger partial charge is 0.167 e. The van der Waals surface area contributed by atoms with E-state index in [4.69, 9.17) is 0 Å². The van der Waals surface area contributed by atoms with Gasteiger partial charge < -0.3 is 0 Å². The normalized spacial score (nSPS) is 14.0. The first kappa shape index (κ1) is 12.0. The van der Waals surface area contributed by atoms with Gasteiger partial charge in [-0.3, -0.25) is 0 Å². The van der Waals surface area contributed by atoms with Crippen LogP contribution in [-0.4, -0.2) is 18.0 Å². The lowest BCUT2D eigenvalue weighted by Crippen LogP contribution is -2.19. The number of hydrogen-bond donors (Lipinski definition) is 0. The summed E-state index contributed by atoms with van der Waals surface area (Å²) in [6.07, 6.45) is -0.937. The van der Waals surface area contributed by atoms with Gasteiger partial charge in [-0.05, 0) is 6.16 Å². The third kappa shape index (κ3) is 3.61. The van der Waals surface area contributed by atoms with Crippen molar-refractivity contribution >= 4 is 7.92 Å². The predicted octanol–water partition coefficient (Wildman–Crippen LogP) is 3.92. The molecule has 0 aliphatic rings. The van der Waals surface area contributed by atoms with Crippen molar-refractivity contribution in [2.24, 2.45) is 0 Å². The molecule has 0 aliphatic heterocycles. The molecule has 0 spiro atoms. The van der Waals surface area contributed by atoms with Crippen LogP contribution in [0.4, 0.5) is 26.3 Å². The molecule has 74 valence electrons. The Bertz CT molecular complexity index is 122. The van der Waals surface area contributed by atoms with E-state index in [0.29, 0.717) is 0 Å². The van der Waals surface area contributed by atoms with Crippen molar-refractivity contribution in [1.29, 1.82) is 0 Å². The summed E-state index contributed by atoms with van der Waals surface area (Å²) in [5.41, 5.74) is 0. The second-order valence-electron chi connectivity index (χ2n) is 2.09. The lowest BCUT2D eigenvalue weighted by atomic mass is 10.6. The monoisotopic (exact) mass is 212 g/mol. The SMILES string of the molecule is CCCP(C(F)(F)F)C(F)(F)F. The number of rotatable bonds is 2. The molecule has 0 atom stereocenters. The van der Waals surface area contributed by atoms with Crippen LogP contribution >= 0.6 is 7.92 Å². The second-order valence-corrected chi connectivity index (χ2v) is 4.40. The standard InChI is InChI=1S/C5H7F6P/c1-2-3-12(4(6,7)8)5(9,10)11/h2-3H2,1H3. The van der Waals surface area contributed by atoms with E-state index in [0.717, 1.165) is 0 Å². The highest BCUT2D eigenvalue weighted by Gasteiger charge is 2.55. The molecule has 0 aromatic heterocycles. The molecule has 0 fully saturated rings. The minimum Gasteiger partial charge on any atom is -0.167 e. The van der Waals surface area contributed by atoms with Gasteiger partial charge in [0, 0.05) is 0 Å². The summed E-state index contributed by atoms with van der Waals surface area (Å²) in [5, 5.41) is 0. The maximum absolute atomic E-state index is 11.7. The molecule has 0 aromatic rings. The van der Waals surface area contributed by atoms with E-state index in [2.05, 4.69) is 0 Å². The third-order valence-electron chi connectivity index (χ3n) is 1.06. The van der Waals surface area contributed by atoms with Crippen LogP contribution in [0, 0.1) is 0 Å². The maximum Gasteiger partial charge on any atom is 0.413 e. The largest absolute Gasteiger partial charge is 0.413 e. The van der Waals surface area contributed by atoms with Crippen LogP contribution < -0.4 is 0 Å². The lowest BCUT2D eigenvalue weighted by molar-refractivity contribution is -0.0833. The van der Waals surface area contributed by atoms with Crippen LogP contribution in [0.2, 0.25) is 0 Å². The van der Waals surface area contributed by atoms with Crippen molar-refractivity contribution in [3.05, 3.63) is 0 Å². The molecule has 0 amide bonds. The van der Waals surface area contributed by atoms with Crippen LogP contribution in [-0.2, 0) is 0 Å². The van der Waals surface area contributed by atoms with Gasteiger partial charge in [0.2, 0.25) is 0 Å². The van der Waals surface area contributed by atoms with Crippen LogP contribution in [0.3, 0.4) is 0 Å². The summed E-state index contributed by atoms with van der Waals surface area (Å²) >= 11 is 0.